The number of methoxy groups -OCH3 is 2. The predicted octanol–water partition coefficient (Wildman–Crippen LogP) is 4.49. The lowest BCUT2D eigenvalue weighted by Gasteiger charge is -2.26. The highest BCUT2D eigenvalue weighted by molar-refractivity contribution is 7.07. The number of rotatable bonds is 9. The molecule has 5 rings (SSSR count). The number of ether oxygens (including phenoxy) is 4. The molecule has 1 unspecified atom stereocenters. The van der Waals surface area contributed by atoms with Gasteiger partial charge < -0.3 is 24.1 Å². The van der Waals surface area contributed by atoms with Crippen molar-refractivity contribution in [3.63, 3.8) is 0 Å². The van der Waals surface area contributed by atoms with Crippen molar-refractivity contribution in [2.24, 2.45) is 4.99 Å². The summed E-state index contributed by atoms with van der Waals surface area (Å²) in [7, 11) is 3.00. The van der Waals surface area contributed by atoms with E-state index in [1.54, 1.807) is 58.2 Å². The number of carbonyl (C=O) groups is 1. The average molecular weight is 601 g/mol. The molecule has 43 heavy (non-hydrogen) atoms. The van der Waals surface area contributed by atoms with Gasteiger partial charge in [0.25, 0.3) is 5.56 Å². The van der Waals surface area contributed by atoms with Gasteiger partial charge in [-0.2, -0.15) is 0 Å². The summed E-state index contributed by atoms with van der Waals surface area (Å²) in [5.41, 5.74) is 2.69. The number of esters is 1. The molecule has 0 bridgehead atoms. The molecule has 1 aliphatic heterocycles. The molecule has 222 valence electrons. The fraction of sp³-hybridized carbons (Fsp3) is 0.242. The second-order valence-electron chi connectivity index (χ2n) is 10.2. The van der Waals surface area contributed by atoms with Crippen molar-refractivity contribution in [2.75, 3.05) is 14.2 Å². The van der Waals surface area contributed by atoms with E-state index >= 15 is 0 Å². The Hall–Kier alpha value is -4.83. The van der Waals surface area contributed by atoms with Crippen molar-refractivity contribution < 1.29 is 28.8 Å². The summed E-state index contributed by atoms with van der Waals surface area (Å²) in [6, 6.07) is 19.1. The van der Waals surface area contributed by atoms with Crippen LogP contribution in [0.4, 0.5) is 0 Å². The first-order valence-electron chi connectivity index (χ1n) is 13.6. The average Bonchev–Trinajstić information content (AvgIpc) is 3.30. The van der Waals surface area contributed by atoms with Crippen LogP contribution in [0.2, 0.25) is 0 Å². The van der Waals surface area contributed by atoms with Crippen LogP contribution in [0, 0.1) is 0 Å². The molecule has 10 heteroatoms. The van der Waals surface area contributed by atoms with Crippen LogP contribution in [0.15, 0.2) is 87.8 Å². The Morgan fingerprint density at radius 1 is 1.02 bits per heavy atom. The van der Waals surface area contributed by atoms with Gasteiger partial charge in [0.1, 0.15) is 6.61 Å². The summed E-state index contributed by atoms with van der Waals surface area (Å²) in [5.74, 6) is 0.710. The highest BCUT2D eigenvalue weighted by Crippen LogP contribution is 2.36. The van der Waals surface area contributed by atoms with Crippen LogP contribution in [0.3, 0.4) is 0 Å². The van der Waals surface area contributed by atoms with Gasteiger partial charge in [0.15, 0.2) is 27.8 Å². The van der Waals surface area contributed by atoms with Crippen molar-refractivity contribution in [1.29, 1.82) is 0 Å². The smallest absolute Gasteiger partial charge is 0.338 e. The monoisotopic (exact) mass is 600 g/mol. The maximum atomic E-state index is 14.0. The summed E-state index contributed by atoms with van der Waals surface area (Å²) >= 11 is 1.21. The molecule has 0 fully saturated rings. The number of aromatic hydroxyl groups is 1. The second-order valence-corrected chi connectivity index (χ2v) is 11.2. The molecular weight excluding hydrogens is 568 g/mol. The fourth-order valence-corrected chi connectivity index (χ4v) is 5.87. The number of fused-ring (bicyclic) bond motifs is 1. The quantitative estimate of drug-likeness (QED) is 0.282. The van der Waals surface area contributed by atoms with Gasteiger partial charge in [-0.3, -0.25) is 9.36 Å². The van der Waals surface area contributed by atoms with E-state index in [0.717, 1.165) is 5.56 Å². The van der Waals surface area contributed by atoms with Crippen molar-refractivity contribution in [3.8, 4) is 23.0 Å². The van der Waals surface area contributed by atoms with Gasteiger partial charge in [0.05, 0.1) is 42.2 Å². The van der Waals surface area contributed by atoms with Crippen molar-refractivity contribution in [1.82, 2.24) is 4.57 Å². The number of hydrogen-bond donors (Lipinski definition) is 1. The number of hydrogen-bond acceptors (Lipinski definition) is 9. The first-order valence-corrected chi connectivity index (χ1v) is 14.5. The van der Waals surface area contributed by atoms with Crippen LogP contribution in [0.25, 0.3) is 6.08 Å². The zero-order chi connectivity index (χ0) is 30.7. The number of aromatic nitrogens is 1. The van der Waals surface area contributed by atoms with Crippen LogP contribution < -0.4 is 29.1 Å². The highest BCUT2D eigenvalue weighted by Gasteiger charge is 2.34. The van der Waals surface area contributed by atoms with Crippen LogP contribution in [0.1, 0.15) is 43.5 Å². The van der Waals surface area contributed by atoms with Crippen molar-refractivity contribution >= 4 is 23.4 Å². The molecule has 3 aromatic carbocycles. The molecule has 0 spiro atoms. The van der Waals surface area contributed by atoms with E-state index in [-0.39, 0.29) is 28.7 Å². The summed E-state index contributed by atoms with van der Waals surface area (Å²) in [6.07, 6.45) is 1.33. The number of phenols is 1. The zero-order valence-corrected chi connectivity index (χ0v) is 25.3. The Kier molecular flexibility index (Phi) is 8.68. The molecule has 0 saturated carbocycles. The van der Waals surface area contributed by atoms with Gasteiger partial charge in [-0.05, 0) is 67.8 Å². The molecule has 2 heterocycles. The van der Waals surface area contributed by atoms with E-state index in [0.29, 0.717) is 44.3 Å². The Morgan fingerprint density at radius 2 is 1.77 bits per heavy atom. The van der Waals surface area contributed by atoms with Crippen LogP contribution in [0.5, 0.6) is 23.0 Å². The second kappa shape index (κ2) is 12.6. The SMILES string of the molecule is COc1cc(/C=c2\sc3n(c2=O)C(c2ccc(OCc4ccccc4)c(OC)c2)C(C(=O)OC(C)C)=C(C)N=3)ccc1O. The number of thiazole rings is 1. The minimum absolute atomic E-state index is 0.00446. The van der Waals surface area contributed by atoms with Crippen molar-refractivity contribution in [3.05, 3.63) is 114 Å². The highest BCUT2D eigenvalue weighted by atomic mass is 32.1. The summed E-state index contributed by atoms with van der Waals surface area (Å²) in [4.78, 5) is 32.5. The van der Waals surface area contributed by atoms with Crippen LogP contribution in [-0.4, -0.2) is 36.0 Å². The van der Waals surface area contributed by atoms with Crippen molar-refractivity contribution in [2.45, 2.75) is 39.5 Å². The normalized spacial score (nSPS) is 14.7. The lowest BCUT2D eigenvalue weighted by Crippen LogP contribution is -2.40. The molecule has 1 atom stereocenters. The Morgan fingerprint density at radius 3 is 2.47 bits per heavy atom. The summed E-state index contributed by atoms with van der Waals surface area (Å²) in [6.45, 7) is 5.62. The predicted molar refractivity (Wildman–Crippen MR) is 163 cm³/mol. The third kappa shape index (κ3) is 6.19. The molecule has 1 aliphatic rings. The molecule has 0 saturated heterocycles. The van der Waals surface area contributed by atoms with E-state index in [4.69, 9.17) is 18.9 Å². The number of nitrogens with zero attached hydrogens (tertiary/aromatic N) is 2. The lowest BCUT2D eigenvalue weighted by molar-refractivity contribution is -0.143. The summed E-state index contributed by atoms with van der Waals surface area (Å²) in [5, 5.41) is 9.99. The van der Waals surface area contributed by atoms with Crippen LogP contribution >= 0.6 is 11.3 Å². The molecule has 0 aliphatic carbocycles. The summed E-state index contributed by atoms with van der Waals surface area (Å²) < 4.78 is 24.5. The van der Waals surface area contributed by atoms with Gasteiger partial charge in [-0.1, -0.05) is 53.8 Å². The Labute approximate surface area is 252 Å². The third-order valence-corrected chi connectivity index (χ3v) is 7.81. The van der Waals surface area contributed by atoms with E-state index in [2.05, 4.69) is 4.99 Å². The van der Waals surface area contributed by atoms with Gasteiger partial charge in [0.2, 0.25) is 0 Å². The number of benzene rings is 3. The zero-order valence-electron chi connectivity index (χ0n) is 24.5. The third-order valence-electron chi connectivity index (χ3n) is 6.83. The van der Waals surface area contributed by atoms with Gasteiger partial charge in [0, 0.05) is 0 Å². The first-order chi connectivity index (χ1) is 20.7. The van der Waals surface area contributed by atoms with Gasteiger partial charge >= 0.3 is 5.97 Å². The number of allylic oxidation sites excluding steroid dienone is 1. The van der Waals surface area contributed by atoms with Gasteiger partial charge in [-0.15, -0.1) is 0 Å². The molecule has 1 aromatic heterocycles. The van der Waals surface area contributed by atoms with E-state index in [1.165, 1.54) is 29.1 Å². The maximum Gasteiger partial charge on any atom is 0.338 e. The minimum Gasteiger partial charge on any atom is -0.504 e. The molecule has 0 radical (unpaired) electrons. The van der Waals surface area contributed by atoms with E-state index in [1.807, 2.05) is 36.4 Å². The van der Waals surface area contributed by atoms with Crippen LogP contribution in [-0.2, 0) is 16.1 Å². The lowest BCUT2D eigenvalue weighted by atomic mass is 9.95. The molecule has 1 N–H and O–H groups in total. The fourth-order valence-electron chi connectivity index (χ4n) is 4.82. The standard InChI is InChI=1S/C33H32N2O7S/c1-19(2)42-32(38)29-20(3)34-33-35(31(37)28(43-33)16-22-11-13-24(36)26(15-22)39-4)30(29)23-12-14-25(27(17-23)40-5)41-18-21-9-7-6-8-10-21/h6-17,19,30,36H,18H2,1-5H3/b28-16-. The number of carbonyl (C=O) groups excluding carboxylic acids is 1. The molecule has 4 aromatic rings. The Balaban J connectivity index is 1.63. The molecule has 9 nitrogen and oxygen atoms in total. The minimum atomic E-state index is -0.823. The van der Waals surface area contributed by atoms with E-state index in [9.17, 15) is 14.7 Å². The Bertz CT molecular complexity index is 1870. The van der Waals surface area contributed by atoms with Gasteiger partial charge in [-0.25, -0.2) is 9.79 Å². The first kappa shape index (κ1) is 29.7. The van der Waals surface area contributed by atoms with E-state index < -0.39 is 12.0 Å². The number of phenolic OH excluding ortho intramolecular Hbond substituents is 1. The topological polar surface area (TPSA) is 109 Å². The molecule has 0 amide bonds. The molecular formula is C33H32N2O7S. The maximum absolute atomic E-state index is 14.0. The largest absolute Gasteiger partial charge is 0.504 e.